The van der Waals surface area contributed by atoms with E-state index in [0.29, 0.717) is 22.6 Å². The van der Waals surface area contributed by atoms with Gasteiger partial charge in [-0.3, -0.25) is 4.79 Å². The molecule has 4 aromatic carbocycles. The number of rotatable bonds is 8. The van der Waals surface area contributed by atoms with Gasteiger partial charge < -0.3 is 9.47 Å². The van der Waals surface area contributed by atoms with Crippen molar-refractivity contribution in [3.05, 3.63) is 118 Å². The van der Waals surface area contributed by atoms with Gasteiger partial charge in [0.2, 0.25) is 0 Å². The Morgan fingerprint density at radius 3 is 2.31 bits per heavy atom. The number of carbonyl (C=O) groups is 2. The second-order valence-corrected chi connectivity index (χ2v) is 8.83. The zero-order valence-electron chi connectivity index (χ0n) is 19.5. The van der Waals surface area contributed by atoms with Crippen LogP contribution in [0.15, 0.2) is 107 Å². The molecule has 4 aromatic rings. The van der Waals surface area contributed by atoms with Crippen LogP contribution in [0.4, 0.5) is 0 Å². The standard InChI is InChI=1S/C29H23BrN2O4/c1-20-7-9-23(10-8-20)29(34)36-27-16-13-25(30)17-24(27)18-31-32-28(33)19-35-26-14-11-22(12-15-26)21-5-3-2-4-6-21/h2-18H,19H2,1H3,(H,32,33). The minimum Gasteiger partial charge on any atom is -0.484 e. The molecule has 0 saturated carbocycles. The molecule has 0 unspecified atom stereocenters. The Kier molecular flexibility index (Phi) is 8.26. The Morgan fingerprint density at radius 2 is 1.58 bits per heavy atom. The lowest BCUT2D eigenvalue weighted by Gasteiger charge is -2.09. The highest BCUT2D eigenvalue weighted by Gasteiger charge is 2.12. The van der Waals surface area contributed by atoms with E-state index in [-0.39, 0.29) is 6.61 Å². The van der Waals surface area contributed by atoms with Crippen molar-refractivity contribution in [2.75, 3.05) is 6.61 Å². The Bertz CT molecular complexity index is 1370. The highest BCUT2D eigenvalue weighted by molar-refractivity contribution is 9.10. The van der Waals surface area contributed by atoms with Crippen molar-refractivity contribution >= 4 is 34.0 Å². The van der Waals surface area contributed by atoms with Gasteiger partial charge in [0.05, 0.1) is 11.8 Å². The molecule has 36 heavy (non-hydrogen) atoms. The number of ether oxygens (including phenoxy) is 2. The fourth-order valence-electron chi connectivity index (χ4n) is 3.29. The number of hydrogen-bond acceptors (Lipinski definition) is 5. The summed E-state index contributed by atoms with van der Waals surface area (Å²) in [4.78, 5) is 24.7. The first kappa shape index (κ1) is 24.9. The molecule has 0 spiro atoms. The Labute approximate surface area is 217 Å². The van der Waals surface area contributed by atoms with Gasteiger partial charge in [-0.05, 0) is 60.5 Å². The van der Waals surface area contributed by atoms with E-state index >= 15 is 0 Å². The number of nitrogens with zero attached hydrogens (tertiary/aromatic N) is 1. The Hall–Kier alpha value is -4.23. The minimum absolute atomic E-state index is 0.199. The van der Waals surface area contributed by atoms with E-state index in [2.05, 4.69) is 26.5 Å². The van der Waals surface area contributed by atoms with Crippen molar-refractivity contribution in [3.63, 3.8) is 0 Å². The SMILES string of the molecule is Cc1ccc(C(=O)Oc2ccc(Br)cc2C=NNC(=O)COc2ccc(-c3ccccc3)cc2)cc1. The lowest BCUT2D eigenvalue weighted by molar-refractivity contribution is -0.123. The van der Waals surface area contributed by atoms with Crippen molar-refractivity contribution in [2.45, 2.75) is 6.92 Å². The van der Waals surface area contributed by atoms with E-state index in [9.17, 15) is 9.59 Å². The van der Waals surface area contributed by atoms with Gasteiger partial charge in [0.15, 0.2) is 6.61 Å². The number of benzene rings is 4. The molecular weight excluding hydrogens is 520 g/mol. The maximum Gasteiger partial charge on any atom is 0.343 e. The van der Waals surface area contributed by atoms with Gasteiger partial charge in [0.25, 0.3) is 5.91 Å². The fourth-order valence-corrected chi connectivity index (χ4v) is 3.67. The van der Waals surface area contributed by atoms with Crippen LogP contribution < -0.4 is 14.9 Å². The normalized spacial score (nSPS) is 10.7. The van der Waals surface area contributed by atoms with E-state index in [1.807, 2.05) is 73.7 Å². The van der Waals surface area contributed by atoms with Crippen LogP contribution in [0.2, 0.25) is 0 Å². The van der Waals surface area contributed by atoms with Crippen molar-refractivity contribution in [3.8, 4) is 22.6 Å². The lowest BCUT2D eigenvalue weighted by Crippen LogP contribution is -2.24. The van der Waals surface area contributed by atoms with Crippen LogP contribution in [0.1, 0.15) is 21.5 Å². The second kappa shape index (κ2) is 12.0. The predicted octanol–water partition coefficient (Wildman–Crippen LogP) is 6.17. The summed E-state index contributed by atoms with van der Waals surface area (Å²) in [5.74, 6) is -0.0168. The largest absolute Gasteiger partial charge is 0.484 e. The topological polar surface area (TPSA) is 77.0 Å². The molecule has 180 valence electrons. The number of aryl methyl sites for hydroxylation is 1. The molecule has 0 radical (unpaired) electrons. The van der Waals surface area contributed by atoms with Gasteiger partial charge in [-0.25, -0.2) is 10.2 Å². The molecule has 0 aliphatic carbocycles. The molecule has 0 aliphatic rings. The van der Waals surface area contributed by atoms with E-state index in [1.54, 1.807) is 30.3 Å². The quantitative estimate of drug-likeness (QED) is 0.125. The summed E-state index contributed by atoms with van der Waals surface area (Å²) in [6.07, 6.45) is 1.41. The number of nitrogens with one attached hydrogen (secondary N) is 1. The van der Waals surface area contributed by atoms with Crippen LogP contribution in [0, 0.1) is 6.92 Å². The van der Waals surface area contributed by atoms with E-state index < -0.39 is 11.9 Å². The molecule has 0 heterocycles. The summed E-state index contributed by atoms with van der Waals surface area (Å²) in [5.41, 5.74) is 6.59. The molecule has 0 saturated heterocycles. The van der Waals surface area contributed by atoms with Crippen LogP contribution in [0.3, 0.4) is 0 Å². The summed E-state index contributed by atoms with van der Waals surface area (Å²) in [7, 11) is 0. The molecule has 4 rings (SSSR count). The molecule has 0 aliphatic heterocycles. The molecule has 0 aromatic heterocycles. The van der Waals surface area contributed by atoms with Crippen molar-refractivity contribution in [1.29, 1.82) is 0 Å². The summed E-state index contributed by atoms with van der Waals surface area (Å²) < 4.78 is 11.9. The van der Waals surface area contributed by atoms with Crippen LogP contribution in [0.5, 0.6) is 11.5 Å². The predicted molar refractivity (Wildman–Crippen MR) is 143 cm³/mol. The van der Waals surface area contributed by atoms with Crippen molar-refractivity contribution in [1.82, 2.24) is 5.43 Å². The summed E-state index contributed by atoms with van der Waals surface area (Å²) >= 11 is 3.40. The van der Waals surface area contributed by atoms with E-state index in [1.165, 1.54) is 6.21 Å². The second-order valence-electron chi connectivity index (χ2n) is 7.91. The van der Waals surface area contributed by atoms with Crippen LogP contribution >= 0.6 is 15.9 Å². The first-order valence-corrected chi connectivity index (χ1v) is 12.0. The van der Waals surface area contributed by atoms with Crippen LogP contribution in [0.25, 0.3) is 11.1 Å². The monoisotopic (exact) mass is 542 g/mol. The van der Waals surface area contributed by atoms with Gasteiger partial charge >= 0.3 is 5.97 Å². The number of hydrazone groups is 1. The lowest BCUT2D eigenvalue weighted by atomic mass is 10.1. The summed E-state index contributed by atoms with van der Waals surface area (Å²) in [6.45, 7) is 1.75. The maximum absolute atomic E-state index is 12.5. The van der Waals surface area contributed by atoms with Crippen LogP contribution in [-0.2, 0) is 4.79 Å². The number of hydrogen-bond donors (Lipinski definition) is 1. The average molecular weight is 543 g/mol. The summed E-state index contributed by atoms with van der Waals surface area (Å²) in [6, 6.07) is 29.7. The zero-order chi connectivity index (χ0) is 25.3. The van der Waals surface area contributed by atoms with Crippen LogP contribution in [-0.4, -0.2) is 24.7 Å². The van der Waals surface area contributed by atoms with Crippen molar-refractivity contribution in [2.24, 2.45) is 5.10 Å². The Balaban J connectivity index is 1.32. The van der Waals surface area contributed by atoms with Gasteiger partial charge in [-0.15, -0.1) is 0 Å². The highest BCUT2D eigenvalue weighted by atomic mass is 79.9. The first-order chi connectivity index (χ1) is 17.5. The molecule has 0 fully saturated rings. The highest BCUT2D eigenvalue weighted by Crippen LogP contribution is 2.24. The molecule has 7 heteroatoms. The third-order valence-electron chi connectivity index (χ3n) is 5.19. The van der Waals surface area contributed by atoms with E-state index in [4.69, 9.17) is 9.47 Å². The molecular formula is C29H23BrN2O4. The fraction of sp³-hybridized carbons (Fsp3) is 0.0690. The van der Waals surface area contributed by atoms with Gasteiger partial charge in [0.1, 0.15) is 11.5 Å². The number of amides is 1. The molecule has 0 atom stereocenters. The third-order valence-corrected chi connectivity index (χ3v) is 5.68. The number of halogens is 1. The summed E-state index contributed by atoms with van der Waals surface area (Å²) in [5, 5.41) is 3.98. The smallest absolute Gasteiger partial charge is 0.343 e. The minimum atomic E-state index is -0.484. The van der Waals surface area contributed by atoms with Gasteiger partial charge in [-0.1, -0.05) is 76.1 Å². The third kappa shape index (κ3) is 6.90. The van der Waals surface area contributed by atoms with Crippen molar-refractivity contribution < 1.29 is 19.1 Å². The average Bonchev–Trinajstić information content (AvgIpc) is 2.90. The number of carbonyl (C=O) groups excluding carboxylic acids is 2. The first-order valence-electron chi connectivity index (χ1n) is 11.2. The molecule has 1 amide bonds. The van der Waals surface area contributed by atoms with Gasteiger partial charge in [0, 0.05) is 10.0 Å². The van der Waals surface area contributed by atoms with E-state index in [0.717, 1.165) is 21.2 Å². The number of esters is 1. The molecule has 0 bridgehead atoms. The molecule has 1 N–H and O–H groups in total. The molecule has 6 nitrogen and oxygen atoms in total. The Morgan fingerprint density at radius 1 is 0.889 bits per heavy atom. The van der Waals surface area contributed by atoms with Gasteiger partial charge in [-0.2, -0.15) is 5.10 Å². The zero-order valence-corrected chi connectivity index (χ0v) is 21.1. The maximum atomic E-state index is 12.5.